The third-order valence-corrected chi connectivity index (χ3v) is 6.95. The third-order valence-electron chi connectivity index (χ3n) is 6.95. The van der Waals surface area contributed by atoms with E-state index in [1.165, 1.54) is 13.8 Å². The van der Waals surface area contributed by atoms with Crippen molar-refractivity contribution in [2.24, 2.45) is 17.2 Å². The maximum absolute atomic E-state index is 11.1. The van der Waals surface area contributed by atoms with E-state index in [0.717, 1.165) is 0 Å². The summed E-state index contributed by atoms with van der Waals surface area (Å²) in [5, 5.41) is 65.2. The molecule has 2 saturated heterocycles. The van der Waals surface area contributed by atoms with Crippen LogP contribution in [0.15, 0.2) is 0 Å². The van der Waals surface area contributed by atoms with Gasteiger partial charge < -0.3 is 72.1 Å². The first-order valence-corrected chi connectivity index (χ1v) is 11.4. The molecule has 15 atom stereocenters. The van der Waals surface area contributed by atoms with Crippen LogP contribution in [0.2, 0.25) is 0 Å². The smallest absolute Gasteiger partial charge is 0.185 e. The zero-order chi connectivity index (χ0) is 25.5. The lowest BCUT2D eigenvalue weighted by molar-refractivity contribution is -0.319. The molecule has 0 aromatic heterocycles. The number of hydrogen-bond acceptors (Lipinski definition) is 14. The van der Waals surface area contributed by atoms with Crippen LogP contribution in [-0.4, -0.2) is 135 Å². The molecule has 13 N–H and O–H groups in total. The Morgan fingerprint density at radius 3 is 2.03 bits per heavy atom. The molecule has 1 aliphatic carbocycles. The Morgan fingerprint density at radius 1 is 0.941 bits per heavy atom. The highest BCUT2D eigenvalue weighted by molar-refractivity contribution is 5.02. The van der Waals surface area contributed by atoms with E-state index in [2.05, 4.69) is 5.32 Å². The van der Waals surface area contributed by atoms with Crippen LogP contribution in [0.3, 0.4) is 0 Å². The molecule has 2 heterocycles. The van der Waals surface area contributed by atoms with Gasteiger partial charge in [-0.25, -0.2) is 0 Å². The first-order chi connectivity index (χ1) is 15.8. The second kappa shape index (κ2) is 10.8. The number of rotatable bonds is 6. The molecule has 0 amide bonds. The van der Waals surface area contributed by atoms with Gasteiger partial charge in [0.05, 0.1) is 24.8 Å². The number of nitrogens with one attached hydrogen (secondary N) is 1. The first kappa shape index (κ1) is 28.0. The zero-order valence-corrected chi connectivity index (χ0v) is 19.5. The van der Waals surface area contributed by atoms with E-state index in [4.69, 9.17) is 36.1 Å². The van der Waals surface area contributed by atoms with E-state index in [9.17, 15) is 30.6 Å². The Hall–Kier alpha value is -0.560. The molecule has 2 aliphatic heterocycles. The van der Waals surface area contributed by atoms with Crippen molar-refractivity contribution >= 4 is 0 Å². The molecule has 0 radical (unpaired) electrons. The standard InChI is InChI=1S/C20H40N4O10/c1-6(25)14-11(27)10(26)9(23)18(32-14)33-15-7(21)4-8(22)16(12(15)28)34-19-13(29)17(24-3)20(2,30)5-31-19/h6-19,24-30H,4-5,21-23H2,1-3H3/t6-,7-,8-,9-,10+,11+,12+,13-,14-,15-,16+,17-,18-,19-,20+/m1/s1. The summed E-state index contributed by atoms with van der Waals surface area (Å²) in [6.07, 6.45) is -12.4. The van der Waals surface area contributed by atoms with Crippen LogP contribution in [0.25, 0.3) is 0 Å². The van der Waals surface area contributed by atoms with Crippen LogP contribution < -0.4 is 22.5 Å². The monoisotopic (exact) mass is 496 g/mol. The molecule has 3 fully saturated rings. The molecule has 0 unspecified atom stereocenters. The molecule has 0 spiro atoms. The molecular weight excluding hydrogens is 456 g/mol. The van der Waals surface area contributed by atoms with Crippen LogP contribution in [0.4, 0.5) is 0 Å². The highest BCUT2D eigenvalue weighted by atomic mass is 16.7. The minimum Gasteiger partial charge on any atom is -0.391 e. The van der Waals surface area contributed by atoms with Crippen molar-refractivity contribution in [2.45, 2.75) is 111 Å². The Bertz CT molecular complexity index is 675. The number of hydrogen-bond donors (Lipinski definition) is 10. The Labute approximate surface area is 197 Å². The van der Waals surface area contributed by atoms with Gasteiger partial charge >= 0.3 is 0 Å². The summed E-state index contributed by atoms with van der Waals surface area (Å²) in [5.74, 6) is 0. The van der Waals surface area contributed by atoms with Gasteiger partial charge in [-0.2, -0.15) is 0 Å². The summed E-state index contributed by atoms with van der Waals surface area (Å²) in [5.41, 5.74) is 17.0. The lowest BCUT2D eigenvalue weighted by Gasteiger charge is -2.49. The van der Waals surface area contributed by atoms with Gasteiger partial charge in [0, 0.05) is 12.1 Å². The Balaban J connectivity index is 1.73. The minimum absolute atomic E-state index is 0.135. The average Bonchev–Trinajstić information content (AvgIpc) is 2.75. The van der Waals surface area contributed by atoms with Crippen molar-refractivity contribution in [3.8, 4) is 0 Å². The van der Waals surface area contributed by atoms with Gasteiger partial charge in [-0.3, -0.25) is 0 Å². The summed E-state index contributed by atoms with van der Waals surface area (Å²) in [7, 11) is 1.58. The van der Waals surface area contributed by atoms with E-state index in [1.54, 1.807) is 7.05 Å². The van der Waals surface area contributed by atoms with E-state index < -0.39 is 91.2 Å². The van der Waals surface area contributed by atoms with E-state index in [-0.39, 0.29) is 13.0 Å². The van der Waals surface area contributed by atoms with Gasteiger partial charge in [0.15, 0.2) is 12.6 Å². The zero-order valence-electron chi connectivity index (χ0n) is 19.5. The maximum Gasteiger partial charge on any atom is 0.185 e. The molecule has 1 saturated carbocycles. The summed E-state index contributed by atoms with van der Waals surface area (Å²) < 4.78 is 22.8. The van der Waals surface area contributed by atoms with Gasteiger partial charge in [-0.15, -0.1) is 0 Å². The quantitative estimate of drug-likeness (QED) is 0.165. The van der Waals surface area contributed by atoms with Crippen molar-refractivity contribution < 1.29 is 49.6 Å². The van der Waals surface area contributed by atoms with Crippen LogP contribution in [0.1, 0.15) is 20.3 Å². The average molecular weight is 497 g/mol. The van der Waals surface area contributed by atoms with E-state index in [1.807, 2.05) is 0 Å². The molecular formula is C20H40N4O10. The third kappa shape index (κ3) is 5.40. The number of aliphatic hydroxyl groups excluding tert-OH is 5. The predicted octanol–water partition coefficient (Wildman–Crippen LogP) is -5.61. The summed E-state index contributed by atoms with van der Waals surface area (Å²) in [4.78, 5) is 0. The van der Waals surface area contributed by atoms with Gasteiger partial charge in [-0.05, 0) is 27.3 Å². The molecule has 0 bridgehead atoms. The van der Waals surface area contributed by atoms with Crippen molar-refractivity contribution in [3.05, 3.63) is 0 Å². The fourth-order valence-electron chi connectivity index (χ4n) is 4.95. The second-order valence-electron chi connectivity index (χ2n) is 9.82. The Morgan fingerprint density at radius 2 is 1.50 bits per heavy atom. The summed E-state index contributed by atoms with van der Waals surface area (Å²) in [6, 6.07) is -3.47. The maximum atomic E-state index is 11.1. The van der Waals surface area contributed by atoms with Crippen LogP contribution in [0.5, 0.6) is 0 Å². The number of ether oxygens (including phenoxy) is 4. The van der Waals surface area contributed by atoms with Gasteiger partial charge in [0.1, 0.15) is 48.3 Å². The topological polar surface area (TPSA) is 248 Å². The SMILES string of the molecule is CN[C@@H]1[C@@H](O)[C@@H](O[C@@H]2[C@@H](O)[C@H](O[C@H]3O[C@H]([C@@H](C)O)[C@@H](O)[C@@H](O)[C@H]3N)[C@H](N)C[C@H]2N)OC[C@]1(C)O. The van der Waals surface area contributed by atoms with Crippen LogP contribution >= 0.6 is 0 Å². The van der Waals surface area contributed by atoms with Crippen LogP contribution in [0, 0.1) is 0 Å². The molecule has 14 heteroatoms. The molecule has 3 rings (SSSR count). The minimum atomic E-state index is -1.46. The molecule has 14 nitrogen and oxygen atoms in total. The highest BCUT2D eigenvalue weighted by Gasteiger charge is 2.52. The summed E-state index contributed by atoms with van der Waals surface area (Å²) >= 11 is 0. The van der Waals surface area contributed by atoms with Gasteiger partial charge in [-0.1, -0.05) is 0 Å². The van der Waals surface area contributed by atoms with Crippen molar-refractivity contribution in [2.75, 3.05) is 13.7 Å². The van der Waals surface area contributed by atoms with Gasteiger partial charge in [0.25, 0.3) is 0 Å². The first-order valence-electron chi connectivity index (χ1n) is 11.4. The Kier molecular flexibility index (Phi) is 8.92. The van der Waals surface area contributed by atoms with Gasteiger partial charge in [0.2, 0.25) is 0 Å². The van der Waals surface area contributed by atoms with Crippen molar-refractivity contribution in [1.82, 2.24) is 5.32 Å². The fourth-order valence-corrected chi connectivity index (χ4v) is 4.95. The van der Waals surface area contributed by atoms with Crippen molar-refractivity contribution in [1.29, 1.82) is 0 Å². The fraction of sp³-hybridized carbons (Fsp3) is 1.00. The molecule has 34 heavy (non-hydrogen) atoms. The second-order valence-corrected chi connectivity index (χ2v) is 9.82. The molecule has 0 aromatic rings. The molecule has 0 aromatic carbocycles. The molecule has 3 aliphatic rings. The summed E-state index contributed by atoms with van der Waals surface area (Å²) in [6.45, 7) is 2.75. The lowest BCUT2D eigenvalue weighted by Crippen LogP contribution is -2.69. The molecule has 200 valence electrons. The lowest BCUT2D eigenvalue weighted by atomic mass is 9.84. The van der Waals surface area contributed by atoms with E-state index in [0.29, 0.717) is 0 Å². The van der Waals surface area contributed by atoms with Crippen LogP contribution in [-0.2, 0) is 18.9 Å². The highest BCUT2D eigenvalue weighted by Crippen LogP contribution is 2.32. The number of aliphatic hydroxyl groups is 6. The normalized spacial score (nSPS) is 53.5. The number of likely N-dealkylation sites (N-methyl/N-ethyl adjacent to an activating group) is 1. The predicted molar refractivity (Wildman–Crippen MR) is 116 cm³/mol. The number of nitrogens with two attached hydrogens (primary N) is 3. The largest absolute Gasteiger partial charge is 0.391 e. The van der Waals surface area contributed by atoms with Crippen molar-refractivity contribution in [3.63, 3.8) is 0 Å². The van der Waals surface area contributed by atoms with E-state index >= 15 is 0 Å².